The molecule has 0 aromatic carbocycles. The molecule has 2 aromatic rings. The molecule has 15 heavy (non-hydrogen) atoms. The van der Waals surface area contributed by atoms with Crippen LogP contribution in [0.3, 0.4) is 0 Å². The number of carbonyl (C=O) groups excluding carboxylic acids is 1. The lowest BCUT2D eigenvalue weighted by Gasteiger charge is -1.94. The average molecular weight is 228 g/mol. The first kappa shape index (κ1) is 9.66. The van der Waals surface area contributed by atoms with Crippen LogP contribution in [-0.4, -0.2) is 31.7 Å². The van der Waals surface area contributed by atoms with Crippen molar-refractivity contribution in [3.63, 3.8) is 0 Å². The van der Waals surface area contributed by atoms with Gasteiger partial charge in [0.15, 0.2) is 11.2 Å². The summed E-state index contributed by atoms with van der Waals surface area (Å²) in [5, 5.41) is 2.38. The molecule has 2 rings (SSSR count). The summed E-state index contributed by atoms with van der Waals surface area (Å²) in [5.74, 6) is -0.437. The van der Waals surface area contributed by atoms with Gasteiger partial charge in [-0.2, -0.15) is 4.98 Å². The number of aromatic amines is 2. The summed E-state index contributed by atoms with van der Waals surface area (Å²) < 4.78 is 0. The van der Waals surface area contributed by atoms with Crippen LogP contribution < -0.4 is 10.9 Å². The standard InChI is InChI=1S/C7H6ClN5O2/c8-1-3(14)11-7-12-4-5(13-7)9-2-10-6(4)15/h2H,1H2,(H3,9,10,11,12,13,14,15). The molecule has 78 valence electrons. The summed E-state index contributed by atoms with van der Waals surface area (Å²) >= 11 is 5.29. The Morgan fingerprint density at radius 1 is 1.60 bits per heavy atom. The molecule has 0 bridgehead atoms. The van der Waals surface area contributed by atoms with E-state index < -0.39 is 5.91 Å². The van der Waals surface area contributed by atoms with E-state index in [2.05, 4.69) is 25.3 Å². The van der Waals surface area contributed by atoms with Gasteiger partial charge in [-0.15, -0.1) is 11.6 Å². The highest BCUT2D eigenvalue weighted by atomic mass is 35.5. The Kier molecular flexibility index (Phi) is 2.38. The fourth-order valence-electron chi connectivity index (χ4n) is 1.06. The van der Waals surface area contributed by atoms with Crippen molar-refractivity contribution in [1.29, 1.82) is 0 Å². The monoisotopic (exact) mass is 227 g/mol. The van der Waals surface area contributed by atoms with Crippen molar-refractivity contribution < 1.29 is 4.79 Å². The highest BCUT2D eigenvalue weighted by molar-refractivity contribution is 6.28. The van der Waals surface area contributed by atoms with Gasteiger partial charge in [0.1, 0.15) is 5.88 Å². The summed E-state index contributed by atoms with van der Waals surface area (Å²) in [5.41, 5.74) is 0.102. The van der Waals surface area contributed by atoms with Crippen LogP contribution in [0.15, 0.2) is 11.1 Å². The molecule has 0 fully saturated rings. The summed E-state index contributed by atoms with van der Waals surface area (Å²) in [7, 11) is 0. The van der Waals surface area contributed by atoms with Gasteiger partial charge in [-0.3, -0.25) is 14.9 Å². The van der Waals surface area contributed by atoms with Gasteiger partial charge in [0, 0.05) is 0 Å². The first-order valence-electron chi connectivity index (χ1n) is 4.00. The van der Waals surface area contributed by atoms with Crippen molar-refractivity contribution in [1.82, 2.24) is 19.9 Å². The number of nitrogens with one attached hydrogen (secondary N) is 3. The Labute approximate surface area is 87.9 Å². The molecule has 0 aliphatic rings. The van der Waals surface area contributed by atoms with Gasteiger partial charge in [-0.1, -0.05) is 0 Å². The molecule has 3 N–H and O–H groups in total. The van der Waals surface area contributed by atoms with Crippen LogP contribution in [0.2, 0.25) is 0 Å². The number of rotatable bonds is 2. The molecule has 0 saturated carbocycles. The van der Waals surface area contributed by atoms with E-state index in [9.17, 15) is 9.59 Å². The van der Waals surface area contributed by atoms with Gasteiger partial charge < -0.3 is 9.97 Å². The maximum Gasteiger partial charge on any atom is 0.276 e. The smallest absolute Gasteiger partial charge is 0.276 e. The fourth-order valence-corrected chi connectivity index (χ4v) is 1.13. The number of halogens is 1. The largest absolute Gasteiger partial charge is 0.318 e. The lowest BCUT2D eigenvalue weighted by Crippen LogP contribution is -2.13. The zero-order valence-corrected chi connectivity index (χ0v) is 8.13. The molecule has 0 radical (unpaired) electrons. The minimum atomic E-state index is -0.410. The van der Waals surface area contributed by atoms with Gasteiger partial charge in [-0.25, -0.2) is 4.98 Å². The molecule has 0 aliphatic heterocycles. The van der Waals surface area contributed by atoms with Crippen molar-refractivity contribution in [2.45, 2.75) is 0 Å². The lowest BCUT2D eigenvalue weighted by atomic mass is 10.6. The van der Waals surface area contributed by atoms with Crippen LogP contribution in [0.1, 0.15) is 0 Å². The maximum atomic E-state index is 11.2. The summed E-state index contributed by atoms with van der Waals surface area (Å²) in [6, 6.07) is 0. The van der Waals surface area contributed by atoms with Crippen molar-refractivity contribution in [3.05, 3.63) is 16.7 Å². The number of hydrogen-bond acceptors (Lipinski definition) is 4. The van der Waals surface area contributed by atoms with E-state index in [0.717, 1.165) is 0 Å². The number of imidazole rings is 1. The Hall–Kier alpha value is -1.89. The van der Waals surface area contributed by atoms with Gasteiger partial charge in [0.05, 0.1) is 6.33 Å². The van der Waals surface area contributed by atoms with Crippen LogP contribution in [0.4, 0.5) is 5.95 Å². The third-order valence-corrected chi connectivity index (χ3v) is 1.92. The van der Waals surface area contributed by atoms with Gasteiger partial charge >= 0.3 is 0 Å². The first-order chi connectivity index (χ1) is 7.20. The summed E-state index contributed by atoms with van der Waals surface area (Å²) in [6.07, 6.45) is 1.23. The summed E-state index contributed by atoms with van der Waals surface area (Å²) in [4.78, 5) is 34.9. The van der Waals surface area contributed by atoms with E-state index >= 15 is 0 Å². The third kappa shape index (κ3) is 1.82. The van der Waals surface area contributed by atoms with Crippen molar-refractivity contribution in [2.75, 3.05) is 11.2 Å². The lowest BCUT2D eigenvalue weighted by molar-refractivity contribution is -0.114. The molecule has 2 heterocycles. The zero-order chi connectivity index (χ0) is 10.8. The average Bonchev–Trinajstić information content (AvgIpc) is 2.62. The second kappa shape index (κ2) is 3.70. The molecular weight excluding hydrogens is 222 g/mol. The third-order valence-electron chi connectivity index (χ3n) is 1.67. The molecule has 0 saturated heterocycles. The number of anilines is 1. The first-order valence-corrected chi connectivity index (χ1v) is 4.53. The quantitative estimate of drug-likeness (QED) is 0.620. The molecule has 0 atom stereocenters. The number of nitrogens with zero attached hydrogens (tertiary/aromatic N) is 2. The van der Waals surface area contributed by atoms with E-state index in [1.165, 1.54) is 6.33 Å². The molecule has 0 spiro atoms. The van der Waals surface area contributed by atoms with Crippen LogP contribution in [0, 0.1) is 0 Å². The Morgan fingerprint density at radius 2 is 2.40 bits per heavy atom. The summed E-state index contributed by atoms with van der Waals surface area (Å²) in [6.45, 7) is 0. The minimum absolute atomic E-state index is 0.153. The van der Waals surface area contributed by atoms with E-state index in [0.29, 0.717) is 0 Å². The van der Waals surface area contributed by atoms with E-state index in [4.69, 9.17) is 11.6 Å². The number of carbonyl (C=O) groups is 1. The molecule has 2 aromatic heterocycles. The van der Waals surface area contributed by atoms with Gasteiger partial charge in [-0.05, 0) is 0 Å². The van der Waals surface area contributed by atoms with Crippen molar-refractivity contribution in [3.8, 4) is 0 Å². The molecule has 8 heteroatoms. The topological polar surface area (TPSA) is 104 Å². The van der Waals surface area contributed by atoms with Crippen LogP contribution in [0.25, 0.3) is 11.2 Å². The van der Waals surface area contributed by atoms with Gasteiger partial charge in [0.25, 0.3) is 5.56 Å². The van der Waals surface area contributed by atoms with E-state index in [1.807, 2.05) is 0 Å². The highest BCUT2D eigenvalue weighted by Crippen LogP contribution is 2.06. The maximum absolute atomic E-state index is 11.2. The molecule has 7 nitrogen and oxygen atoms in total. The molecule has 1 amide bonds. The number of alkyl halides is 1. The number of aromatic nitrogens is 4. The highest BCUT2D eigenvalue weighted by Gasteiger charge is 2.08. The minimum Gasteiger partial charge on any atom is -0.318 e. The molecule has 0 unspecified atom stereocenters. The van der Waals surface area contributed by atoms with Crippen molar-refractivity contribution >= 4 is 34.6 Å². The Morgan fingerprint density at radius 3 is 3.07 bits per heavy atom. The van der Waals surface area contributed by atoms with Crippen LogP contribution in [-0.2, 0) is 4.79 Å². The SMILES string of the molecule is O=C(CCl)Nc1nc2nc[nH]c(=O)c2[nH]1. The van der Waals surface area contributed by atoms with Gasteiger partial charge in [0.2, 0.25) is 11.9 Å². The Balaban J connectivity index is 2.43. The van der Waals surface area contributed by atoms with Crippen molar-refractivity contribution in [2.24, 2.45) is 0 Å². The predicted octanol–water partition coefficient (Wildman–Crippen LogP) is -0.177. The second-order valence-electron chi connectivity index (χ2n) is 2.70. The number of hydrogen-bond donors (Lipinski definition) is 3. The Bertz CT molecular complexity index is 560. The second-order valence-corrected chi connectivity index (χ2v) is 2.96. The normalized spacial score (nSPS) is 10.5. The number of H-pyrrole nitrogens is 2. The van der Waals surface area contributed by atoms with Crippen LogP contribution in [0.5, 0.6) is 0 Å². The number of fused-ring (bicyclic) bond motifs is 1. The number of amides is 1. The zero-order valence-electron chi connectivity index (χ0n) is 7.37. The molecular formula is C7H6ClN5O2. The van der Waals surface area contributed by atoms with Crippen LogP contribution >= 0.6 is 11.6 Å². The van der Waals surface area contributed by atoms with E-state index in [1.54, 1.807) is 0 Å². The molecule has 0 aliphatic carbocycles. The van der Waals surface area contributed by atoms with E-state index in [-0.39, 0.29) is 28.6 Å². The predicted molar refractivity (Wildman–Crippen MR) is 53.9 cm³/mol. The fraction of sp³-hybridized carbons (Fsp3) is 0.143.